The number of hydrogen-bond donors (Lipinski definition) is 2. The first-order valence-electron chi connectivity index (χ1n) is 4.37. The maximum atomic E-state index is 11.3. The minimum atomic E-state index is -3.36. The Morgan fingerprint density at radius 3 is 2.56 bits per heavy atom. The second-order valence-electron chi connectivity index (χ2n) is 3.09. The van der Waals surface area contributed by atoms with Gasteiger partial charge in [0.1, 0.15) is 4.66 Å². The molecule has 0 aliphatic heterocycles. The number of halogens is 1. The number of nitrogens with one attached hydrogen (secondary N) is 2. The van der Waals surface area contributed by atoms with Gasteiger partial charge in [-0.15, -0.1) is 0 Å². The molecule has 2 N–H and O–H groups in total. The second-order valence-corrected chi connectivity index (χ2v) is 6.11. The van der Waals surface area contributed by atoms with Crippen LogP contribution in [0.25, 0.3) is 0 Å². The average Bonchev–Trinajstić information content (AvgIpc) is 2.16. The number of anilines is 2. The van der Waals surface area contributed by atoms with Crippen LogP contribution in [-0.2, 0) is 14.8 Å². The van der Waals surface area contributed by atoms with Crippen molar-refractivity contribution in [1.29, 1.82) is 0 Å². The molecule has 0 radical (unpaired) electrons. The average molecular weight is 307 g/mol. The zero-order chi connectivity index (χ0) is 12.2. The molecule has 1 aromatic carbocycles. The summed E-state index contributed by atoms with van der Waals surface area (Å²) in [7, 11) is -3.36. The third-order valence-electron chi connectivity index (χ3n) is 1.60. The summed E-state index contributed by atoms with van der Waals surface area (Å²) in [4.78, 5) is 10.8. The van der Waals surface area contributed by atoms with Gasteiger partial charge in [-0.05, 0) is 18.2 Å². The molecule has 5 nitrogen and oxygen atoms in total. The molecule has 1 rings (SSSR count). The number of carbonyl (C=O) groups excluding carboxylic acids is 1. The normalized spacial score (nSPS) is 10.9. The fourth-order valence-electron chi connectivity index (χ4n) is 1.07. The Labute approximate surface area is 102 Å². The Kier molecular flexibility index (Phi) is 4.31. The lowest BCUT2D eigenvalue weighted by atomic mass is 10.3. The third-order valence-corrected chi connectivity index (χ3v) is 4.24. The molecule has 88 valence electrons. The van der Waals surface area contributed by atoms with E-state index >= 15 is 0 Å². The maximum absolute atomic E-state index is 11.3. The van der Waals surface area contributed by atoms with E-state index in [0.29, 0.717) is 11.4 Å². The molecule has 7 heteroatoms. The summed E-state index contributed by atoms with van der Waals surface area (Å²) in [5.74, 6) is -0.208. The third kappa shape index (κ3) is 4.19. The quantitative estimate of drug-likeness (QED) is 0.832. The lowest BCUT2D eigenvalue weighted by Crippen LogP contribution is -2.13. The second kappa shape index (κ2) is 5.31. The van der Waals surface area contributed by atoms with Crippen LogP contribution in [0.3, 0.4) is 0 Å². The molecule has 0 spiro atoms. The van der Waals surface area contributed by atoms with Gasteiger partial charge < -0.3 is 5.32 Å². The first kappa shape index (κ1) is 13.0. The van der Waals surface area contributed by atoms with Gasteiger partial charge in [0.05, 0.1) is 5.69 Å². The summed E-state index contributed by atoms with van der Waals surface area (Å²) in [6.45, 7) is 1.38. The predicted molar refractivity (Wildman–Crippen MR) is 67.1 cm³/mol. The molecule has 0 aliphatic rings. The summed E-state index contributed by atoms with van der Waals surface area (Å²) in [6, 6.07) is 6.47. The molecule has 0 aliphatic carbocycles. The van der Waals surface area contributed by atoms with E-state index in [2.05, 4.69) is 26.0 Å². The van der Waals surface area contributed by atoms with Crippen molar-refractivity contribution in [2.45, 2.75) is 6.92 Å². The molecule has 1 amide bonds. The highest BCUT2D eigenvalue weighted by molar-refractivity contribution is 9.10. The fourth-order valence-corrected chi connectivity index (χ4v) is 1.95. The number of sulfonamides is 1. The number of hydrogen-bond acceptors (Lipinski definition) is 3. The van der Waals surface area contributed by atoms with E-state index in [1.165, 1.54) is 6.92 Å². The first-order valence-corrected chi connectivity index (χ1v) is 7.14. The lowest BCUT2D eigenvalue weighted by Gasteiger charge is -2.07. The van der Waals surface area contributed by atoms with Gasteiger partial charge in [-0.3, -0.25) is 9.52 Å². The maximum Gasteiger partial charge on any atom is 0.242 e. The summed E-state index contributed by atoms with van der Waals surface area (Å²) < 4.78 is 24.7. The summed E-state index contributed by atoms with van der Waals surface area (Å²) >= 11 is 2.87. The predicted octanol–water partition coefficient (Wildman–Crippen LogP) is 1.74. The van der Waals surface area contributed by atoms with Crippen molar-refractivity contribution >= 4 is 43.2 Å². The van der Waals surface area contributed by atoms with Crippen molar-refractivity contribution in [2.75, 3.05) is 14.7 Å². The molecule has 0 unspecified atom stereocenters. The van der Waals surface area contributed by atoms with Gasteiger partial charge >= 0.3 is 0 Å². The summed E-state index contributed by atoms with van der Waals surface area (Å²) in [5.41, 5.74) is 0.952. The molecule has 0 heterocycles. The van der Waals surface area contributed by atoms with Crippen molar-refractivity contribution in [3.8, 4) is 0 Å². The van der Waals surface area contributed by atoms with Gasteiger partial charge in [0.25, 0.3) is 0 Å². The fraction of sp³-hybridized carbons (Fsp3) is 0.222. The van der Waals surface area contributed by atoms with Crippen molar-refractivity contribution < 1.29 is 13.2 Å². The van der Waals surface area contributed by atoms with Gasteiger partial charge in [-0.25, -0.2) is 8.42 Å². The van der Waals surface area contributed by atoms with Gasteiger partial charge in [0.2, 0.25) is 15.9 Å². The van der Waals surface area contributed by atoms with Crippen LogP contribution in [0.1, 0.15) is 6.92 Å². The number of carbonyl (C=O) groups is 1. The van der Waals surface area contributed by atoms with Crippen molar-refractivity contribution in [3.05, 3.63) is 24.3 Å². The minimum absolute atomic E-state index is 0.176. The van der Waals surface area contributed by atoms with Crippen molar-refractivity contribution in [1.82, 2.24) is 0 Å². The van der Waals surface area contributed by atoms with Crippen LogP contribution in [0.4, 0.5) is 11.4 Å². The van der Waals surface area contributed by atoms with Gasteiger partial charge in [-0.1, -0.05) is 22.0 Å². The van der Waals surface area contributed by atoms with Gasteiger partial charge in [0, 0.05) is 12.6 Å². The van der Waals surface area contributed by atoms with Crippen LogP contribution < -0.4 is 10.0 Å². The largest absolute Gasteiger partial charge is 0.326 e. The molecule has 0 fully saturated rings. The number of benzene rings is 1. The van der Waals surface area contributed by atoms with E-state index < -0.39 is 10.0 Å². The van der Waals surface area contributed by atoms with Gasteiger partial charge in [0.15, 0.2) is 0 Å². The number of amides is 1. The zero-order valence-electron chi connectivity index (χ0n) is 8.53. The Balaban J connectivity index is 2.87. The first-order chi connectivity index (χ1) is 7.43. The van der Waals surface area contributed by atoms with Gasteiger partial charge in [-0.2, -0.15) is 0 Å². The smallest absolute Gasteiger partial charge is 0.242 e. The number of rotatable bonds is 4. The Morgan fingerprint density at radius 1 is 1.38 bits per heavy atom. The molecule has 1 aromatic rings. The van der Waals surface area contributed by atoms with Crippen LogP contribution in [0.2, 0.25) is 0 Å². The monoisotopic (exact) mass is 306 g/mol. The summed E-state index contributed by atoms with van der Waals surface area (Å²) in [5, 5.41) is 2.56. The molecular formula is C9H11BrN2O3S. The molecule has 0 atom stereocenters. The highest BCUT2D eigenvalue weighted by atomic mass is 79.9. The van der Waals surface area contributed by atoms with E-state index in [1.54, 1.807) is 24.3 Å². The van der Waals surface area contributed by atoms with Crippen molar-refractivity contribution in [2.24, 2.45) is 0 Å². The molecule has 0 aromatic heterocycles. The summed E-state index contributed by atoms with van der Waals surface area (Å²) in [6.07, 6.45) is 0. The van der Waals surface area contributed by atoms with E-state index in [4.69, 9.17) is 0 Å². The zero-order valence-corrected chi connectivity index (χ0v) is 10.9. The lowest BCUT2D eigenvalue weighted by molar-refractivity contribution is -0.114. The standard InChI is InChI=1S/C9H11BrN2O3S/c1-7(13)11-8-3-2-4-9(5-8)12-16(14,15)6-10/h2-5,12H,6H2,1H3,(H,11,13). The van der Waals surface area contributed by atoms with Crippen LogP contribution >= 0.6 is 15.9 Å². The molecule has 16 heavy (non-hydrogen) atoms. The van der Waals surface area contributed by atoms with E-state index in [-0.39, 0.29) is 10.6 Å². The Bertz CT molecular complexity index is 487. The molecule has 0 saturated carbocycles. The van der Waals surface area contributed by atoms with Crippen LogP contribution in [-0.4, -0.2) is 19.0 Å². The van der Waals surface area contributed by atoms with Crippen LogP contribution in [0.5, 0.6) is 0 Å². The highest BCUT2D eigenvalue weighted by Gasteiger charge is 2.07. The Morgan fingerprint density at radius 2 is 2.00 bits per heavy atom. The highest BCUT2D eigenvalue weighted by Crippen LogP contribution is 2.16. The van der Waals surface area contributed by atoms with Crippen molar-refractivity contribution in [3.63, 3.8) is 0 Å². The number of alkyl halides is 1. The molecule has 0 saturated heterocycles. The van der Waals surface area contributed by atoms with Crippen LogP contribution in [0, 0.1) is 0 Å². The van der Waals surface area contributed by atoms with E-state index in [9.17, 15) is 13.2 Å². The topological polar surface area (TPSA) is 75.3 Å². The molecular weight excluding hydrogens is 296 g/mol. The minimum Gasteiger partial charge on any atom is -0.326 e. The van der Waals surface area contributed by atoms with E-state index in [1.807, 2.05) is 0 Å². The Hall–Kier alpha value is -1.08. The SMILES string of the molecule is CC(=O)Nc1cccc(NS(=O)(=O)CBr)c1. The molecule has 0 bridgehead atoms. The van der Waals surface area contributed by atoms with Crippen LogP contribution in [0.15, 0.2) is 24.3 Å². The van der Waals surface area contributed by atoms with E-state index in [0.717, 1.165) is 0 Å².